The van der Waals surface area contributed by atoms with Crippen LogP contribution in [0.3, 0.4) is 0 Å². The number of aliphatic imine (C=N–C) groups is 1. The molecule has 1 aliphatic heterocycles. The van der Waals surface area contributed by atoms with Crippen LogP contribution in [0.25, 0.3) is 0 Å². The third-order valence-corrected chi connectivity index (χ3v) is 5.15. The van der Waals surface area contributed by atoms with E-state index < -0.39 is 0 Å². The molecule has 6 nitrogen and oxygen atoms in total. The summed E-state index contributed by atoms with van der Waals surface area (Å²) in [7, 11) is 1.45. The van der Waals surface area contributed by atoms with Crippen LogP contribution in [0.15, 0.2) is 41.4 Å². The van der Waals surface area contributed by atoms with Crippen LogP contribution in [0, 0.1) is 18.7 Å². The SMILES string of the molecule is CCNC(=NCc1ccc(OC)c(F)c1)NCc1ccc(C)cc1OCC1CCOC1. The van der Waals surface area contributed by atoms with E-state index in [-0.39, 0.29) is 11.6 Å². The van der Waals surface area contributed by atoms with Gasteiger partial charge in [-0.05, 0) is 49.6 Å². The van der Waals surface area contributed by atoms with Crippen molar-refractivity contribution in [1.29, 1.82) is 0 Å². The van der Waals surface area contributed by atoms with Gasteiger partial charge in [0, 0.05) is 31.2 Å². The van der Waals surface area contributed by atoms with E-state index in [9.17, 15) is 4.39 Å². The van der Waals surface area contributed by atoms with Gasteiger partial charge in [-0.3, -0.25) is 0 Å². The van der Waals surface area contributed by atoms with E-state index >= 15 is 0 Å². The standard InChI is InChI=1S/C24H32FN3O3/c1-4-26-24(27-13-18-6-8-22(29-3)21(25)12-18)28-14-20-7-5-17(2)11-23(20)31-16-19-9-10-30-15-19/h5-8,11-12,19H,4,9-10,13-16H2,1-3H3,(H2,26,27,28). The Kier molecular flexibility index (Phi) is 8.53. The third-order valence-electron chi connectivity index (χ3n) is 5.15. The first-order valence-corrected chi connectivity index (χ1v) is 10.7. The molecule has 168 valence electrons. The first-order chi connectivity index (χ1) is 15.1. The molecule has 2 N–H and O–H groups in total. The summed E-state index contributed by atoms with van der Waals surface area (Å²) in [4.78, 5) is 4.58. The summed E-state index contributed by atoms with van der Waals surface area (Å²) < 4.78 is 30.5. The maximum Gasteiger partial charge on any atom is 0.191 e. The van der Waals surface area contributed by atoms with Crippen LogP contribution >= 0.6 is 0 Å². The molecule has 3 rings (SSSR count). The van der Waals surface area contributed by atoms with Crippen molar-refractivity contribution >= 4 is 5.96 Å². The van der Waals surface area contributed by atoms with Crippen molar-refractivity contribution in [3.05, 3.63) is 58.9 Å². The fourth-order valence-corrected chi connectivity index (χ4v) is 3.36. The first kappa shape index (κ1) is 22.9. The highest BCUT2D eigenvalue weighted by molar-refractivity contribution is 5.79. The molecule has 1 fully saturated rings. The molecule has 0 aliphatic carbocycles. The molecule has 2 aromatic rings. The monoisotopic (exact) mass is 429 g/mol. The molecule has 1 aliphatic rings. The van der Waals surface area contributed by atoms with Crippen molar-refractivity contribution in [2.24, 2.45) is 10.9 Å². The van der Waals surface area contributed by atoms with E-state index in [4.69, 9.17) is 14.2 Å². The minimum Gasteiger partial charge on any atom is -0.494 e. The van der Waals surface area contributed by atoms with Crippen molar-refractivity contribution in [3.8, 4) is 11.5 Å². The van der Waals surface area contributed by atoms with Gasteiger partial charge in [-0.25, -0.2) is 9.38 Å². The molecule has 1 unspecified atom stereocenters. The number of halogens is 1. The largest absolute Gasteiger partial charge is 0.494 e. The number of aryl methyl sites for hydroxylation is 1. The number of methoxy groups -OCH3 is 1. The molecule has 1 heterocycles. The van der Waals surface area contributed by atoms with Crippen molar-refractivity contribution in [2.75, 3.05) is 33.5 Å². The third kappa shape index (κ3) is 6.85. The van der Waals surface area contributed by atoms with Gasteiger partial charge in [-0.2, -0.15) is 0 Å². The quantitative estimate of drug-likeness (QED) is 0.469. The van der Waals surface area contributed by atoms with Crippen molar-refractivity contribution in [1.82, 2.24) is 10.6 Å². The van der Waals surface area contributed by atoms with Gasteiger partial charge < -0.3 is 24.8 Å². The number of nitrogens with one attached hydrogen (secondary N) is 2. The lowest BCUT2D eigenvalue weighted by molar-refractivity contribution is 0.166. The van der Waals surface area contributed by atoms with Gasteiger partial charge in [0.1, 0.15) is 5.75 Å². The average Bonchev–Trinajstić information content (AvgIpc) is 3.29. The fourth-order valence-electron chi connectivity index (χ4n) is 3.36. The highest BCUT2D eigenvalue weighted by atomic mass is 19.1. The Bertz CT molecular complexity index is 882. The number of rotatable bonds is 9. The molecule has 2 aromatic carbocycles. The summed E-state index contributed by atoms with van der Waals surface area (Å²) in [6, 6.07) is 11.1. The van der Waals surface area contributed by atoms with Gasteiger partial charge in [0.25, 0.3) is 0 Å². The van der Waals surface area contributed by atoms with Gasteiger partial charge in [-0.15, -0.1) is 0 Å². The van der Waals surface area contributed by atoms with Gasteiger partial charge in [-0.1, -0.05) is 18.2 Å². The summed E-state index contributed by atoms with van der Waals surface area (Å²) in [5.41, 5.74) is 2.99. The highest BCUT2D eigenvalue weighted by Gasteiger charge is 2.17. The minimum absolute atomic E-state index is 0.230. The Morgan fingerprint density at radius 2 is 2.06 bits per heavy atom. The fraction of sp³-hybridized carbons (Fsp3) is 0.458. The second-order valence-electron chi connectivity index (χ2n) is 7.67. The number of hydrogen-bond donors (Lipinski definition) is 2. The molecular formula is C24H32FN3O3. The lowest BCUT2D eigenvalue weighted by atomic mass is 10.1. The van der Waals surface area contributed by atoms with Crippen LogP contribution in [0.2, 0.25) is 0 Å². The van der Waals surface area contributed by atoms with E-state index in [1.54, 1.807) is 6.07 Å². The molecule has 31 heavy (non-hydrogen) atoms. The maximum atomic E-state index is 13.9. The van der Waals surface area contributed by atoms with E-state index in [2.05, 4.69) is 40.7 Å². The molecule has 0 aromatic heterocycles. The van der Waals surface area contributed by atoms with Crippen LogP contribution < -0.4 is 20.1 Å². The smallest absolute Gasteiger partial charge is 0.191 e. The molecular weight excluding hydrogens is 397 g/mol. The zero-order valence-electron chi connectivity index (χ0n) is 18.5. The van der Waals surface area contributed by atoms with Crippen molar-refractivity contribution in [3.63, 3.8) is 0 Å². The lowest BCUT2D eigenvalue weighted by Crippen LogP contribution is -2.36. The Labute approximate surface area is 183 Å². The molecule has 7 heteroatoms. The van der Waals surface area contributed by atoms with Gasteiger partial charge >= 0.3 is 0 Å². The van der Waals surface area contributed by atoms with E-state index in [0.717, 1.165) is 48.6 Å². The first-order valence-electron chi connectivity index (χ1n) is 10.7. The Hall–Kier alpha value is -2.80. The van der Waals surface area contributed by atoms with Crippen molar-refractivity contribution in [2.45, 2.75) is 33.4 Å². The molecule has 1 atom stereocenters. The zero-order valence-corrected chi connectivity index (χ0v) is 18.5. The minimum atomic E-state index is -0.387. The van der Waals surface area contributed by atoms with Crippen LogP contribution in [-0.2, 0) is 17.8 Å². The summed E-state index contributed by atoms with van der Waals surface area (Å²) in [5.74, 6) is 1.84. The highest BCUT2D eigenvalue weighted by Crippen LogP contribution is 2.23. The zero-order chi connectivity index (χ0) is 22.1. The summed E-state index contributed by atoms with van der Waals surface area (Å²) >= 11 is 0. The van der Waals surface area contributed by atoms with Gasteiger partial charge in [0.15, 0.2) is 17.5 Å². The summed E-state index contributed by atoms with van der Waals surface area (Å²) in [6.07, 6.45) is 1.04. The predicted octanol–water partition coefficient (Wildman–Crippen LogP) is 3.81. The van der Waals surface area contributed by atoms with Crippen LogP contribution in [0.4, 0.5) is 4.39 Å². The Morgan fingerprint density at radius 1 is 1.19 bits per heavy atom. The topological polar surface area (TPSA) is 64.1 Å². The predicted molar refractivity (Wildman–Crippen MR) is 120 cm³/mol. The number of guanidine groups is 1. The summed E-state index contributed by atoms with van der Waals surface area (Å²) in [6.45, 7) is 7.96. The van der Waals surface area contributed by atoms with E-state index in [1.807, 2.05) is 13.0 Å². The molecule has 0 saturated carbocycles. The molecule has 0 amide bonds. The number of ether oxygens (including phenoxy) is 3. The summed E-state index contributed by atoms with van der Waals surface area (Å²) in [5, 5.41) is 6.58. The normalized spacial score (nSPS) is 16.3. The maximum absolute atomic E-state index is 13.9. The molecule has 1 saturated heterocycles. The van der Waals surface area contributed by atoms with E-state index in [1.165, 1.54) is 13.2 Å². The van der Waals surface area contributed by atoms with Gasteiger partial charge in [0.05, 0.1) is 26.9 Å². The molecule has 0 bridgehead atoms. The van der Waals surface area contributed by atoms with Gasteiger partial charge in [0.2, 0.25) is 0 Å². The van der Waals surface area contributed by atoms with Crippen LogP contribution in [0.1, 0.15) is 30.0 Å². The number of hydrogen-bond acceptors (Lipinski definition) is 4. The lowest BCUT2D eigenvalue weighted by Gasteiger charge is -2.17. The second-order valence-corrected chi connectivity index (χ2v) is 7.67. The molecule has 0 radical (unpaired) electrons. The second kappa shape index (κ2) is 11.6. The van der Waals surface area contributed by atoms with Crippen LogP contribution in [-0.4, -0.2) is 39.4 Å². The number of nitrogens with zero attached hydrogens (tertiary/aromatic N) is 1. The van der Waals surface area contributed by atoms with E-state index in [0.29, 0.717) is 31.6 Å². The number of benzene rings is 2. The van der Waals surface area contributed by atoms with Crippen LogP contribution in [0.5, 0.6) is 11.5 Å². The Morgan fingerprint density at radius 3 is 2.77 bits per heavy atom. The van der Waals surface area contributed by atoms with Crippen molar-refractivity contribution < 1.29 is 18.6 Å². The molecule has 0 spiro atoms. The Balaban J connectivity index is 1.63. The average molecular weight is 430 g/mol.